The van der Waals surface area contributed by atoms with Gasteiger partial charge < -0.3 is 9.51 Å². The number of Topliss-reactive ketones (excluding diaryl/α,β-unsaturated/α-hetero) is 1. The molecule has 0 bridgehead atoms. The van der Waals surface area contributed by atoms with E-state index < -0.39 is 0 Å². The Bertz CT molecular complexity index is 487. The molecule has 2 heterocycles. The van der Waals surface area contributed by atoms with Gasteiger partial charge in [0.15, 0.2) is 5.82 Å². The molecular weight excluding hydrogens is 220 g/mol. The van der Waals surface area contributed by atoms with Crippen molar-refractivity contribution in [2.75, 3.05) is 0 Å². The van der Waals surface area contributed by atoms with Gasteiger partial charge in [0.25, 0.3) is 0 Å². The Labute approximate surface area is 98.5 Å². The molecule has 1 N–H and O–H groups in total. The maximum absolute atomic E-state index is 11.6. The highest BCUT2D eigenvalue weighted by atomic mass is 16.5. The molecule has 0 spiro atoms. The summed E-state index contributed by atoms with van der Waals surface area (Å²) in [6.45, 7) is 4.00. The lowest BCUT2D eigenvalue weighted by molar-refractivity contribution is -0.119. The second-order valence-electron chi connectivity index (χ2n) is 4.26. The predicted molar refractivity (Wildman–Crippen MR) is 60.0 cm³/mol. The largest absolute Gasteiger partial charge is 0.342 e. The molecule has 90 valence electrons. The third-order valence-corrected chi connectivity index (χ3v) is 2.16. The minimum atomic E-state index is 0.106. The molecule has 0 radical (unpaired) electrons. The van der Waals surface area contributed by atoms with E-state index in [-0.39, 0.29) is 12.2 Å². The Morgan fingerprint density at radius 3 is 3.00 bits per heavy atom. The quantitative estimate of drug-likeness (QED) is 0.849. The fourth-order valence-electron chi connectivity index (χ4n) is 1.51. The van der Waals surface area contributed by atoms with E-state index in [2.05, 4.69) is 20.1 Å². The minimum Gasteiger partial charge on any atom is -0.342 e. The van der Waals surface area contributed by atoms with E-state index in [0.717, 1.165) is 0 Å². The Morgan fingerprint density at radius 2 is 2.35 bits per heavy atom. The number of hydrogen-bond donors (Lipinski definition) is 1. The average molecular weight is 234 g/mol. The highest BCUT2D eigenvalue weighted by Crippen LogP contribution is 2.11. The molecule has 17 heavy (non-hydrogen) atoms. The van der Waals surface area contributed by atoms with Gasteiger partial charge in [0.2, 0.25) is 11.7 Å². The summed E-state index contributed by atoms with van der Waals surface area (Å²) in [4.78, 5) is 22.5. The number of rotatable bonds is 5. The number of carbonyl (C=O) groups is 1. The molecular formula is C11H14N4O2. The first kappa shape index (κ1) is 11.5. The number of imidazole rings is 1. The number of hydrogen-bond acceptors (Lipinski definition) is 5. The number of H-pyrrole nitrogens is 1. The van der Waals surface area contributed by atoms with Crippen LogP contribution in [0.15, 0.2) is 16.9 Å². The molecule has 2 rings (SSSR count). The van der Waals surface area contributed by atoms with Gasteiger partial charge >= 0.3 is 0 Å². The third-order valence-electron chi connectivity index (χ3n) is 2.16. The molecule has 2 aromatic heterocycles. The molecule has 0 unspecified atom stereocenters. The summed E-state index contributed by atoms with van der Waals surface area (Å²) in [6, 6.07) is 0. The summed E-state index contributed by atoms with van der Waals surface area (Å²) >= 11 is 0. The van der Waals surface area contributed by atoms with Crippen LogP contribution >= 0.6 is 0 Å². The molecule has 0 aromatic carbocycles. The number of ketones is 1. The standard InChI is InChI=1S/C11H14N4O2/c1-7(2)5-8(16)6-9-14-11(15-17-9)10-12-3-4-13-10/h3-4,7H,5-6H2,1-2H3,(H,12,13). The fourth-order valence-corrected chi connectivity index (χ4v) is 1.51. The van der Waals surface area contributed by atoms with Gasteiger partial charge in [-0.05, 0) is 5.92 Å². The maximum Gasteiger partial charge on any atom is 0.238 e. The van der Waals surface area contributed by atoms with Crippen LogP contribution < -0.4 is 0 Å². The predicted octanol–water partition coefficient (Wildman–Crippen LogP) is 1.62. The van der Waals surface area contributed by atoms with Crippen LogP contribution in [0, 0.1) is 5.92 Å². The molecule has 0 aliphatic carbocycles. The number of nitrogens with zero attached hydrogens (tertiary/aromatic N) is 3. The van der Waals surface area contributed by atoms with Gasteiger partial charge in [-0.15, -0.1) is 0 Å². The van der Waals surface area contributed by atoms with Crippen LogP contribution in [0.25, 0.3) is 11.6 Å². The zero-order valence-electron chi connectivity index (χ0n) is 9.80. The van der Waals surface area contributed by atoms with E-state index in [1.165, 1.54) is 0 Å². The summed E-state index contributed by atoms with van der Waals surface area (Å²) in [5.41, 5.74) is 0. The first-order chi connectivity index (χ1) is 8.15. The van der Waals surface area contributed by atoms with E-state index in [1.54, 1.807) is 12.4 Å². The molecule has 0 aliphatic heterocycles. The van der Waals surface area contributed by atoms with E-state index >= 15 is 0 Å². The Hall–Kier alpha value is -1.98. The lowest BCUT2D eigenvalue weighted by atomic mass is 10.1. The molecule has 0 aliphatic rings. The van der Waals surface area contributed by atoms with E-state index in [9.17, 15) is 4.79 Å². The smallest absolute Gasteiger partial charge is 0.238 e. The second kappa shape index (κ2) is 4.90. The van der Waals surface area contributed by atoms with Crippen molar-refractivity contribution >= 4 is 5.78 Å². The van der Waals surface area contributed by atoms with Gasteiger partial charge in [0, 0.05) is 18.8 Å². The lowest BCUT2D eigenvalue weighted by Crippen LogP contribution is -2.06. The third kappa shape index (κ3) is 2.99. The lowest BCUT2D eigenvalue weighted by Gasteiger charge is -1.99. The van der Waals surface area contributed by atoms with Crippen molar-refractivity contribution in [3.8, 4) is 11.6 Å². The van der Waals surface area contributed by atoms with Gasteiger partial charge in [0.05, 0.1) is 6.42 Å². The summed E-state index contributed by atoms with van der Waals surface area (Å²) in [6.07, 6.45) is 3.99. The minimum absolute atomic E-state index is 0.106. The Morgan fingerprint density at radius 1 is 1.53 bits per heavy atom. The molecule has 0 fully saturated rings. The second-order valence-corrected chi connectivity index (χ2v) is 4.26. The zero-order chi connectivity index (χ0) is 12.3. The van der Waals surface area contributed by atoms with Crippen LogP contribution in [-0.4, -0.2) is 25.9 Å². The van der Waals surface area contributed by atoms with Gasteiger partial charge in [-0.3, -0.25) is 4.79 Å². The first-order valence-corrected chi connectivity index (χ1v) is 5.49. The maximum atomic E-state index is 11.6. The summed E-state index contributed by atoms with van der Waals surface area (Å²) in [7, 11) is 0. The van der Waals surface area contributed by atoms with Crippen molar-refractivity contribution in [2.45, 2.75) is 26.7 Å². The van der Waals surface area contributed by atoms with Crippen LogP contribution in [0.3, 0.4) is 0 Å². The van der Waals surface area contributed by atoms with Crippen LogP contribution in [0.4, 0.5) is 0 Å². The van der Waals surface area contributed by atoms with Crippen LogP contribution in [0.2, 0.25) is 0 Å². The van der Waals surface area contributed by atoms with Gasteiger partial charge in [-0.2, -0.15) is 4.98 Å². The number of carbonyl (C=O) groups excluding carboxylic acids is 1. The van der Waals surface area contributed by atoms with Crippen molar-refractivity contribution in [3.63, 3.8) is 0 Å². The monoisotopic (exact) mass is 234 g/mol. The molecule has 0 amide bonds. The van der Waals surface area contributed by atoms with Crippen molar-refractivity contribution in [1.82, 2.24) is 20.1 Å². The topological polar surface area (TPSA) is 84.7 Å². The molecule has 0 saturated carbocycles. The molecule has 0 saturated heterocycles. The number of aromatic nitrogens is 4. The molecule has 2 aromatic rings. The number of nitrogens with one attached hydrogen (secondary N) is 1. The average Bonchev–Trinajstić information content (AvgIpc) is 2.84. The zero-order valence-corrected chi connectivity index (χ0v) is 9.80. The normalized spacial score (nSPS) is 11.0. The summed E-state index contributed by atoms with van der Waals surface area (Å²) < 4.78 is 5.00. The van der Waals surface area contributed by atoms with Crippen molar-refractivity contribution < 1.29 is 9.32 Å². The van der Waals surface area contributed by atoms with Gasteiger partial charge in [0.1, 0.15) is 5.78 Å². The molecule has 6 nitrogen and oxygen atoms in total. The van der Waals surface area contributed by atoms with Crippen LogP contribution in [-0.2, 0) is 11.2 Å². The molecule has 0 atom stereocenters. The first-order valence-electron chi connectivity index (χ1n) is 5.49. The summed E-state index contributed by atoms with van der Waals surface area (Å²) in [5.74, 6) is 1.70. The van der Waals surface area contributed by atoms with Gasteiger partial charge in [-0.25, -0.2) is 4.98 Å². The van der Waals surface area contributed by atoms with Gasteiger partial charge in [-0.1, -0.05) is 19.0 Å². The van der Waals surface area contributed by atoms with E-state index in [4.69, 9.17) is 4.52 Å². The fraction of sp³-hybridized carbons (Fsp3) is 0.455. The van der Waals surface area contributed by atoms with Crippen LogP contribution in [0.1, 0.15) is 26.2 Å². The van der Waals surface area contributed by atoms with E-state index in [1.807, 2.05) is 13.8 Å². The van der Waals surface area contributed by atoms with Crippen LogP contribution in [0.5, 0.6) is 0 Å². The Kier molecular flexibility index (Phi) is 3.32. The Balaban J connectivity index is 2.02. The van der Waals surface area contributed by atoms with Crippen molar-refractivity contribution in [1.29, 1.82) is 0 Å². The summed E-state index contributed by atoms with van der Waals surface area (Å²) in [5, 5.41) is 3.76. The number of aromatic amines is 1. The SMILES string of the molecule is CC(C)CC(=O)Cc1nc(-c2ncc[nH]2)no1. The highest BCUT2D eigenvalue weighted by Gasteiger charge is 2.14. The van der Waals surface area contributed by atoms with Crippen molar-refractivity contribution in [2.24, 2.45) is 5.92 Å². The van der Waals surface area contributed by atoms with E-state index in [0.29, 0.717) is 29.9 Å². The van der Waals surface area contributed by atoms with Crippen molar-refractivity contribution in [3.05, 3.63) is 18.3 Å². The molecule has 6 heteroatoms. The highest BCUT2D eigenvalue weighted by molar-refractivity contribution is 5.80.